The molecule has 4 rings (SSSR count). The number of oxazole rings is 1. The topological polar surface area (TPSA) is 76.4 Å². The van der Waals surface area contributed by atoms with E-state index in [1.54, 1.807) is 49.4 Å². The van der Waals surface area contributed by atoms with Crippen LogP contribution in [0.25, 0.3) is 22.6 Å². The third-order valence-corrected chi connectivity index (χ3v) is 5.51. The number of nitrogens with one attached hydrogen (secondary N) is 2. The van der Waals surface area contributed by atoms with E-state index < -0.39 is 12.0 Å². The van der Waals surface area contributed by atoms with Gasteiger partial charge in [-0.15, -0.1) is 0 Å². The standard InChI is InChI=1S/C23H16Cl3N3O3S/c1-12(31-19-8-4-14(24)10-17(19)26)21(30)29-23(33)27-16-6-2-13(3-7-16)22-28-18-11-15(25)5-9-20(18)32-22/h2-12H,1H3,(H2,27,29,30,33). The van der Waals surface area contributed by atoms with Crippen LogP contribution in [0.1, 0.15) is 6.92 Å². The number of rotatable bonds is 5. The largest absolute Gasteiger partial charge is 0.479 e. The average Bonchev–Trinajstić information content (AvgIpc) is 3.19. The first-order valence-electron chi connectivity index (χ1n) is 9.68. The molecule has 0 aliphatic carbocycles. The van der Waals surface area contributed by atoms with Crippen LogP contribution in [0.3, 0.4) is 0 Å². The number of nitrogens with zero attached hydrogens (tertiary/aromatic N) is 1. The SMILES string of the molecule is CC(Oc1ccc(Cl)cc1Cl)C(=O)NC(=S)Nc1ccc(-c2nc3cc(Cl)ccc3o2)cc1. The van der Waals surface area contributed by atoms with Crippen molar-refractivity contribution in [1.29, 1.82) is 0 Å². The molecule has 3 aromatic carbocycles. The number of benzene rings is 3. The highest BCUT2D eigenvalue weighted by molar-refractivity contribution is 7.80. The lowest BCUT2D eigenvalue weighted by atomic mass is 10.2. The Kier molecular flexibility index (Phi) is 7.05. The van der Waals surface area contributed by atoms with E-state index in [0.29, 0.717) is 43.5 Å². The number of anilines is 1. The van der Waals surface area contributed by atoms with Crippen molar-refractivity contribution in [2.24, 2.45) is 0 Å². The first kappa shape index (κ1) is 23.3. The molecule has 168 valence electrons. The van der Waals surface area contributed by atoms with Crippen molar-refractivity contribution in [3.8, 4) is 17.2 Å². The van der Waals surface area contributed by atoms with Gasteiger partial charge in [-0.3, -0.25) is 10.1 Å². The van der Waals surface area contributed by atoms with Crippen LogP contribution in [-0.4, -0.2) is 22.1 Å². The normalized spacial score (nSPS) is 11.8. The van der Waals surface area contributed by atoms with E-state index in [1.165, 1.54) is 6.07 Å². The molecule has 1 aromatic heterocycles. The lowest BCUT2D eigenvalue weighted by Crippen LogP contribution is -2.42. The van der Waals surface area contributed by atoms with Crippen LogP contribution >= 0.6 is 47.0 Å². The average molecular weight is 521 g/mol. The number of aromatic nitrogens is 1. The van der Waals surface area contributed by atoms with Gasteiger partial charge in [0.05, 0.1) is 5.02 Å². The van der Waals surface area contributed by atoms with Gasteiger partial charge in [0.15, 0.2) is 16.8 Å². The smallest absolute Gasteiger partial charge is 0.266 e. The van der Waals surface area contributed by atoms with Crippen molar-refractivity contribution in [2.45, 2.75) is 13.0 Å². The highest BCUT2D eigenvalue weighted by Crippen LogP contribution is 2.29. The molecule has 0 fully saturated rings. The maximum absolute atomic E-state index is 12.4. The molecule has 1 atom stereocenters. The van der Waals surface area contributed by atoms with Crippen molar-refractivity contribution < 1.29 is 13.9 Å². The Labute approximate surface area is 209 Å². The highest BCUT2D eigenvalue weighted by atomic mass is 35.5. The Hall–Kier alpha value is -2.84. The quantitative estimate of drug-likeness (QED) is 0.284. The van der Waals surface area contributed by atoms with E-state index in [0.717, 1.165) is 5.56 Å². The Morgan fingerprint density at radius 2 is 1.73 bits per heavy atom. The van der Waals surface area contributed by atoms with Gasteiger partial charge in [-0.2, -0.15) is 0 Å². The van der Waals surface area contributed by atoms with E-state index in [1.807, 2.05) is 12.1 Å². The summed E-state index contributed by atoms with van der Waals surface area (Å²) >= 11 is 23.2. The van der Waals surface area contributed by atoms with Gasteiger partial charge in [0.2, 0.25) is 5.89 Å². The minimum atomic E-state index is -0.835. The number of fused-ring (bicyclic) bond motifs is 1. The zero-order valence-corrected chi connectivity index (χ0v) is 20.1. The molecule has 4 aromatic rings. The summed E-state index contributed by atoms with van der Waals surface area (Å²) in [6.45, 7) is 1.59. The molecule has 1 unspecified atom stereocenters. The van der Waals surface area contributed by atoms with E-state index in [9.17, 15) is 4.79 Å². The number of halogens is 3. The molecule has 2 N–H and O–H groups in total. The third kappa shape index (κ3) is 5.75. The monoisotopic (exact) mass is 519 g/mol. The van der Waals surface area contributed by atoms with Gasteiger partial charge in [0.1, 0.15) is 11.3 Å². The fourth-order valence-corrected chi connectivity index (χ4v) is 3.75. The summed E-state index contributed by atoms with van der Waals surface area (Å²) in [4.78, 5) is 16.9. The first-order chi connectivity index (χ1) is 15.8. The maximum Gasteiger partial charge on any atom is 0.266 e. The molecule has 0 radical (unpaired) electrons. The van der Waals surface area contributed by atoms with Crippen LogP contribution in [-0.2, 0) is 4.79 Å². The van der Waals surface area contributed by atoms with Crippen LogP contribution in [0, 0.1) is 0 Å². The predicted octanol–water partition coefficient (Wildman–Crippen LogP) is 6.74. The van der Waals surface area contributed by atoms with Gasteiger partial charge < -0.3 is 14.5 Å². The van der Waals surface area contributed by atoms with Crippen molar-refractivity contribution in [1.82, 2.24) is 10.3 Å². The fraction of sp³-hybridized carbons (Fsp3) is 0.0870. The predicted molar refractivity (Wildman–Crippen MR) is 135 cm³/mol. The van der Waals surface area contributed by atoms with Gasteiger partial charge in [-0.25, -0.2) is 4.98 Å². The lowest BCUT2D eigenvalue weighted by Gasteiger charge is -2.16. The number of amides is 1. The van der Waals surface area contributed by atoms with Gasteiger partial charge in [0, 0.05) is 21.3 Å². The Balaban J connectivity index is 1.35. The summed E-state index contributed by atoms with van der Waals surface area (Å²) < 4.78 is 11.4. The van der Waals surface area contributed by atoms with E-state index in [-0.39, 0.29) is 5.11 Å². The second-order valence-corrected chi connectivity index (χ2v) is 8.67. The van der Waals surface area contributed by atoms with Gasteiger partial charge in [-0.1, -0.05) is 34.8 Å². The molecule has 6 nitrogen and oxygen atoms in total. The van der Waals surface area contributed by atoms with Gasteiger partial charge in [-0.05, 0) is 79.8 Å². The Morgan fingerprint density at radius 3 is 2.45 bits per heavy atom. The Morgan fingerprint density at radius 1 is 1.03 bits per heavy atom. The van der Waals surface area contributed by atoms with Crippen molar-refractivity contribution in [3.05, 3.63) is 75.7 Å². The summed E-state index contributed by atoms with van der Waals surface area (Å²) in [5.74, 6) is 0.390. The zero-order chi connectivity index (χ0) is 23.5. The number of carbonyl (C=O) groups is 1. The summed E-state index contributed by atoms with van der Waals surface area (Å²) in [5, 5.41) is 7.05. The van der Waals surface area contributed by atoms with Crippen LogP contribution in [0.4, 0.5) is 5.69 Å². The molecular formula is C23H16Cl3N3O3S. The van der Waals surface area contributed by atoms with Crippen molar-refractivity contribution >= 4 is 74.8 Å². The molecule has 0 saturated heterocycles. The fourth-order valence-electron chi connectivity index (χ4n) is 2.91. The van der Waals surface area contributed by atoms with Gasteiger partial charge in [0.25, 0.3) is 5.91 Å². The molecule has 1 amide bonds. The molecule has 0 saturated carbocycles. The summed E-state index contributed by atoms with van der Waals surface area (Å²) in [7, 11) is 0. The molecule has 0 spiro atoms. The molecule has 33 heavy (non-hydrogen) atoms. The number of hydrogen-bond donors (Lipinski definition) is 2. The van der Waals surface area contributed by atoms with Crippen molar-refractivity contribution in [3.63, 3.8) is 0 Å². The second-order valence-electron chi connectivity index (χ2n) is 6.99. The van der Waals surface area contributed by atoms with Crippen LogP contribution in [0.2, 0.25) is 15.1 Å². The first-order valence-corrected chi connectivity index (χ1v) is 11.2. The van der Waals surface area contributed by atoms with Crippen LogP contribution < -0.4 is 15.4 Å². The minimum absolute atomic E-state index is 0.127. The van der Waals surface area contributed by atoms with Crippen LogP contribution in [0.5, 0.6) is 5.75 Å². The summed E-state index contributed by atoms with van der Waals surface area (Å²) in [5.41, 5.74) is 2.79. The third-order valence-electron chi connectivity index (χ3n) is 4.54. The van der Waals surface area contributed by atoms with Crippen LogP contribution in [0.15, 0.2) is 65.1 Å². The lowest BCUT2D eigenvalue weighted by molar-refractivity contribution is -0.125. The van der Waals surface area contributed by atoms with E-state index in [2.05, 4.69) is 15.6 Å². The Bertz CT molecular complexity index is 1340. The van der Waals surface area contributed by atoms with Crippen molar-refractivity contribution in [2.75, 3.05) is 5.32 Å². The number of ether oxygens (including phenoxy) is 1. The molecule has 0 aliphatic rings. The number of hydrogen-bond acceptors (Lipinski definition) is 5. The summed E-state index contributed by atoms with van der Waals surface area (Å²) in [6, 6.07) is 17.3. The highest BCUT2D eigenvalue weighted by Gasteiger charge is 2.18. The molecule has 0 aliphatic heterocycles. The second kappa shape index (κ2) is 9.97. The number of thiocarbonyl (C=S) groups is 1. The number of carbonyl (C=O) groups excluding carboxylic acids is 1. The molecular weight excluding hydrogens is 505 g/mol. The summed E-state index contributed by atoms with van der Waals surface area (Å²) in [6.07, 6.45) is -0.835. The molecule has 0 bridgehead atoms. The molecule has 1 heterocycles. The minimum Gasteiger partial charge on any atom is -0.479 e. The van der Waals surface area contributed by atoms with E-state index >= 15 is 0 Å². The van der Waals surface area contributed by atoms with E-state index in [4.69, 9.17) is 56.2 Å². The maximum atomic E-state index is 12.4. The zero-order valence-electron chi connectivity index (χ0n) is 17.1. The molecule has 10 heteroatoms. The van der Waals surface area contributed by atoms with Gasteiger partial charge >= 0.3 is 0 Å².